The first-order chi connectivity index (χ1) is 9.31. The minimum absolute atomic E-state index is 0.0913. The Labute approximate surface area is 123 Å². The summed E-state index contributed by atoms with van der Waals surface area (Å²) >= 11 is 0. The fourth-order valence-electron chi connectivity index (χ4n) is 1.65. The molecule has 0 radical (unpaired) electrons. The van der Waals surface area contributed by atoms with Crippen LogP contribution in [-0.2, 0) is 0 Å². The molecule has 1 rings (SSSR count). The van der Waals surface area contributed by atoms with Crippen molar-refractivity contribution < 1.29 is 0 Å². The van der Waals surface area contributed by atoms with Gasteiger partial charge in [-0.15, -0.1) is 6.58 Å². The van der Waals surface area contributed by atoms with Crippen LogP contribution in [0.1, 0.15) is 37.5 Å². The van der Waals surface area contributed by atoms with Crippen LogP contribution in [0, 0.1) is 19.3 Å². The Bertz CT molecular complexity index is 571. The van der Waals surface area contributed by atoms with Gasteiger partial charge in [0.05, 0.1) is 0 Å². The van der Waals surface area contributed by atoms with Crippen LogP contribution in [0.5, 0.6) is 0 Å². The van der Waals surface area contributed by atoms with E-state index < -0.39 is 0 Å². The molecule has 0 fully saturated rings. The average molecular weight is 267 g/mol. The average Bonchev–Trinajstić information content (AvgIpc) is 2.42. The van der Waals surface area contributed by atoms with Gasteiger partial charge in [0, 0.05) is 17.3 Å². The molecule has 0 aliphatic heterocycles. The quantitative estimate of drug-likeness (QED) is 0.379. The van der Waals surface area contributed by atoms with Crippen LogP contribution in [-0.4, -0.2) is 5.71 Å². The zero-order valence-electron chi connectivity index (χ0n) is 13.3. The number of allylic oxidation sites excluding steroid dienone is 3. The number of rotatable bonds is 5. The molecule has 0 heterocycles. The van der Waals surface area contributed by atoms with Gasteiger partial charge < -0.3 is 0 Å². The smallest absolute Gasteiger partial charge is 0.0345 e. The Hall–Kier alpha value is -1.89. The molecule has 106 valence electrons. The van der Waals surface area contributed by atoms with Gasteiger partial charge in [0.2, 0.25) is 0 Å². The lowest BCUT2D eigenvalue weighted by atomic mass is 9.88. The summed E-state index contributed by atoms with van der Waals surface area (Å²) in [5.41, 5.74) is 5.71. The van der Waals surface area contributed by atoms with Crippen molar-refractivity contribution in [2.45, 2.75) is 34.6 Å². The molecule has 1 heteroatoms. The standard InChI is InChI=1S/C19H25N/c1-8-17(13-20-16(5)19(6,7)9-2)18-11-10-14(3)15(4)12-18/h8-13H,1-2H2,3-7H3/b17-13+,20-16?. The number of nitrogens with zero attached hydrogens (tertiary/aromatic N) is 1. The Morgan fingerprint density at radius 3 is 2.30 bits per heavy atom. The minimum atomic E-state index is -0.0913. The van der Waals surface area contributed by atoms with Gasteiger partial charge in [-0.25, -0.2) is 0 Å². The molecule has 0 aromatic heterocycles. The number of hydrogen-bond donors (Lipinski definition) is 0. The highest BCUT2D eigenvalue weighted by atomic mass is 14.7. The van der Waals surface area contributed by atoms with Crippen molar-refractivity contribution in [2.75, 3.05) is 0 Å². The molecule has 1 nitrogen and oxygen atoms in total. The van der Waals surface area contributed by atoms with Crippen LogP contribution in [0.3, 0.4) is 0 Å². The highest BCUT2D eigenvalue weighted by Crippen LogP contribution is 2.22. The lowest BCUT2D eigenvalue weighted by Crippen LogP contribution is -2.17. The number of hydrogen-bond acceptors (Lipinski definition) is 1. The highest BCUT2D eigenvalue weighted by Gasteiger charge is 2.16. The summed E-state index contributed by atoms with van der Waals surface area (Å²) in [6.07, 6.45) is 5.66. The van der Waals surface area contributed by atoms with Crippen molar-refractivity contribution >= 4 is 11.3 Å². The SMILES string of the molecule is C=C/C(=C\N=C(C)C(C)(C)C=C)c1ccc(C)c(C)c1. The maximum absolute atomic E-state index is 4.58. The van der Waals surface area contributed by atoms with E-state index in [2.05, 4.69) is 64.0 Å². The summed E-state index contributed by atoms with van der Waals surface area (Å²) in [4.78, 5) is 4.58. The summed E-state index contributed by atoms with van der Waals surface area (Å²) in [6, 6.07) is 6.41. The van der Waals surface area contributed by atoms with Gasteiger partial charge in [-0.2, -0.15) is 0 Å². The second-order valence-electron chi connectivity index (χ2n) is 5.73. The molecule has 0 aliphatic rings. The molecular formula is C19H25N. The van der Waals surface area contributed by atoms with Crippen molar-refractivity contribution in [3.8, 4) is 0 Å². The molecule has 0 unspecified atom stereocenters. The minimum Gasteiger partial charge on any atom is -0.264 e. The van der Waals surface area contributed by atoms with Gasteiger partial charge in [-0.1, -0.05) is 50.8 Å². The summed E-state index contributed by atoms with van der Waals surface area (Å²) in [5.74, 6) is 0. The summed E-state index contributed by atoms with van der Waals surface area (Å²) in [6.45, 7) is 18.2. The van der Waals surface area contributed by atoms with Gasteiger partial charge in [0.15, 0.2) is 0 Å². The first-order valence-electron chi connectivity index (χ1n) is 6.90. The van der Waals surface area contributed by atoms with Gasteiger partial charge >= 0.3 is 0 Å². The van der Waals surface area contributed by atoms with E-state index in [0.29, 0.717) is 0 Å². The van der Waals surface area contributed by atoms with Crippen molar-refractivity contribution in [1.29, 1.82) is 0 Å². The Morgan fingerprint density at radius 2 is 1.80 bits per heavy atom. The van der Waals surface area contributed by atoms with E-state index in [1.54, 1.807) is 0 Å². The molecule has 0 N–H and O–H groups in total. The summed E-state index contributed by atoms with van der Waals surface area (Å²) < 4.78 is 0. The molecule has 0 aliphatic carbocycles. The van der Waals surface area contributed by atoms with Gasteiger partial charge in [0.1, 0.15) is 0 Å². The zero-order chi connectivity index (χ0) is 15.3. The van der Waals surface area contributed by atoms with Gasteiger partial charge in [-0.3, -0.25) is 4.99 Å². The van der Waals surface area contributed by atoms with Crippen molar-refractivity contribution in [1.82, 2.24) is 0 Å². The molecule has 0 saturated heterocycles. The molecule has 1 aromatic rings. The zero-order valence-corrected chi connectivity index (χ0v) is 13.3. The van der Waals surface area contributed by atoms with E-state index in [9.17, 15) is 0 Å². The lowest BCUT2D eigenvalue weighted by molar-refractivity contribution is 0.674. The second-order valence-corrected chi connectivity index (χ2v) is 5.73. The fourth-order valence-corrected chi connectivity index (χ4v) is 1.65. The molecule has 0 saturated carbocycles. The van der Waals surface area contributed by atoms with Crippen LogP contribution in [0.15, 0.2) is 54.7 Å². The van der Waals surface area contributed by atoms with Crippen molar-refractivity contribution in [2.24, 2.45) is 10.4 Å². The molecule has 0 amide bonds. The van der Waals surface area contributed by atoms with E-state index in [0.717, 1.165) is 16.8 Å². The van der Waals surface area contributed by atoms with Gasteiger partial charge in [0.25, 0.3) is 0 Å². The normalized spacial score (nSPS) is 13.2. The monoisotopic (exact) mass is 267 g/mol. The number of aliphatic imine (C=N–C) groups is 1. The van der Waals surface area contributed by atoms with Crippen LogP contribution in [0.25, 0.3) is 5.57 Å². The predicted molar refractivity (Wildman–Crippen MR) is 91.2 cm³/mol. The predicted octanol–water partition coefficient (Wildman–Crippen LogP) is 5.50. The van der Waals surface area contributed by atoms with Crippen LogP contribution >= 0.6 is 0 Å². The number of benzene rings is 1. The Balaban J connectivity index is 3.16. The summed E-state index contributed by atoms with van der Waals surface area (Å²) in [7, 11) is 0. The molecular weight excluding hydrogens is 242 g/mol. The molecule has 0 spiro atoms. The first-order valence-corrected chi connectivity index (χ1v) is 6.90. The summed E-state index contributed by atoms with van der Waals surface area (Å²) in [5, 5.41) is 0. The fraction of sp³-hybridized carbons (Fsp3) is 0.316. The first kappa shape index (κ1) is 16.2. The molecule has 1 aromatic carbocycles. The third kappa shape index (κ3) is 3.80. The maximum Gasteiger partial charge on any atom is 0.0345 e. The van der Waals surface area contributed by atoms with Crippen LogP contribution in [0.4, 0.5) is 0 Å². The van der Waals surface area contributed by atoms with Crippen molar-refractivity contribution in [3.05, 3.63) is 66.4 Å². The van der Waals surface area contributed by atoms with E-state index in [1.165, 1.54) is 11.1 Å². The van der Waals surface area contributed by atoms with E-state index >= 15 is 0 Å². The third-order valence-electron chi connectivity index (χ3n) is 3.90. The molecule has 0 bridgehead atoms. The Morgan fingerprint density at radius 1 is 1.15 bits per heavy atom. The Kier molecular flexibility index (Phi) is 5.26. The van der Waals surface area contributed by atoms with Crippen molar-refractivity contribution in [3.63, 3.8) is 0 Å². The van der Waals surface area contributed by atoms with E-state index in [1.807, 2.05) is 25.3 Å². The van der Waals surface area contributed by atoms with E-state index in [-0.39, 0.29) is 5.41 Å². The second kappa shape index (κ2) is 6.51. The molecule has 20 heavy (non-hydrogen) atoms. The van der Waals surface area contributed by atoms with E-state index in [4.69, 9.17) is 0 Å². The molecule has 0 atom stereocenters. The maximum atomic E-state index is 4.58. The van der Waals surface area contributed by atoms with Crippen LogP contribution in [0.2, 0.25) is 0 Å². The largest absolute Gasteiger partial charge is 0.264 e. The van der Waals surface area contributed by atoms with Gasteiger partial charge in [-0.05, 0) is 43.0 Å². The highest BCUT2D eigenvalue weighted by molar-refractivity contribution is 5.90. The van der Waals surface area contributed by atoms with Crippen LogP contribution < -0.4 is 0 Å². The third-order valence-corrected chi connectivity index (χ3v) is 3.90. The lowest BCUT2D eigenvalue weighted by Gasteiger charge is -2.18. The topological polar surface area (TPSA) is 12.4 Å². The number of aryl methyl sites for hydroxylation is 2.